The van der Waals surface area contributed by atoms with Crippen molar-refractivity contribution >= 4 is 28.6 Å². The summed E-state index contributed by atoms with van der Waals surface area (Å²) in [7, 11) is 0. The maximum Gasteiger partial charge on any atom is 0.353 e. The number of hydrogen-bond acceptors (Lipinski definition) is 7. The first-order chi connectivity index (χ1) is 9.72. The molecule has 4 atom stereocenters. The molecular formula is C11H8N4O4S. The monoisotopic (exact) mass is 292 g/mol. The summed E-state index contributed by atoms with van der Waals surface area (Å²) in [6, 6.07) is 3.11. The Morgan fingerprint density at radius 2 is 2.15 bits per heavy atom. The minimum Gasteiger partial charge on any atom is -0.447 e. The van der Waals surface area contributed by atoms with Gasteiger partial charge in [-0.1, -0.05) is 5.21 Å². The van der Waals surface area contributed by atoms with Gasteiger partial charge in [-0.2, -0.15) is 0 Å². The normalized spacial score (nSPS) is 33.7. The number of rotatable bonds is 0. The highest BCUT2D eigenvalue weighted by Gasteiger charge is 2.55. The lowest BCUT2D eigenvalue weighted by atomic mass is 10.1. The SMILES string of the molecule is O=c1ccc2nnn3c2n1[C@@H]1O[C@H](C3)[C@@H]2OC(=S)OC21. The minimum atomic E-state index is -0.568. The third-order valence-corrected chi connectivity index (χ3v) is 4.13. The molecule has 8 nitrogen and oxygen atoms in total. The number of aromatic nitrogens is 4. The fourth-order valence-corrected chi connectivity index (χ4v) is 3.35. The molecule has 0 saturated carbocycles. The number of hydrogen-bond donors (Lipinski definition) is 0. The van der Waals surface area contributed by atoms with Crippen LogP contribution in [0.2, 0.25) is 0 Å². The quantitative estimate of drug-likeness (QED) is 0.610. The fourth-order valence-electron chi connectivity index (χ4n) is 3.13. The van der Waals surface area contributed by atoms with E-state index in [0.717, 1.165) is 0 Å². The molecule has 3 aliphatic heterocycles. The van der Waals surface area contributed by atoms with Crippen LogP contribution in [0, 0.1) is 0 Å². The van der Waals surface area contributed by atoms with E-state index in [0.29, 0.717) is 17.7 Å². The summed E-state index contributed by atoms with van der Waals surface area (Å²) in [4.78, 5) is 12.2. The molecule has 0 spiro atoms. The number of ether oxygens (including phenoxy) is 3. The van der Waals surface area contributed by atoms with Crippen molar-refractivity contribution in [2.24, 2.45) is 0 Å². The second kappa shape index (κ2) is 3.36. The van der Waals surface area contributed by atoms with Crippen molar-refractivity contribution in [3.8, 4) is 0 Å². The van der Waals surface area contributed by atoms with E-state index in [1.807, 2.05) is 0 Å². The standard InChI is InChI=1S/C11H8N4O4S/c16-6-2-1-4-9-14(13-12-4)3-5-7-8(19-11(20)18-7)10(17-5)15(6)9/h1-2,5,7-8,10H,3H2/t5-,7+,8?,10-/m1/s1. The molecule has 9 heteroatoms. The topological polar surface area (TPSA) is 80.4 Å². The highest BCUT2D eigenvalue weighted by molar-refractivity contribution is 7.79. The third-order valence-electron chi connectivity index (χ3n) is 3.94. The van der Waals surface area contributed by atoms with Gasteiger partial charge in [-0.25, -0.2) is 4.68 Å². The molecule has 1 unspecified atom stereocenters. The number of nitrogens with zero attached hydrogens (tertiary/aromatic N) is 4. The van der Waals surface area contributed by atoms with Crippen LogP contribution in [-0.4, -0.2) is 43.1 Å². The molecule has 2 fully saturated rings. The molecular weight excluding hydrogens is 284 g/mol. The highest BCUT2D eigenvalue weighted by atomic mass is 32.1. The first-order valence-corrected chi connectivity index (χ1v) is 6.61. The lowest BCUT2D eigenvalue weighted by Crippen LogP contribution is -2.36. The summed E-state index contributed by atoms with van der Waals surface area (Å²) in [6.45, 7) is 0.448. The van der Waals surface area contributed by atoms with Crippen LogP contribution < -0.4 is 5.56 Å². The van der Waals surface area contributed by atoms with E-state index >= 15 is 0 Å². The van der Waals surface area contributed by atoms with Gasteiger partial charge in [-0.05, 0) is 6.07 Å². The van der Waals surface area contributed by atoms with Gasteiger partial charge < -0.3 is 14.2 Å². The maximum atomic E-state index is 12.2. The van der Waals surface area contributed by atoms with Gasteiger partial charge in [-0.3, -0.25) is 9.36 Å². The second-order valence-electron chi connectivity index (χ2n) is 5.00. The molecule has 102 valence electrons. The van der Waals surface area contributed by atoms with Gasteiger partial charge in [-0.15, -0.1) is 5.10 Å². The Labute approximate surface area is 116 Å². The molecule has 2 saturated heterocycles. The molecule has 2 aromatic rings. The number of thiocarbonyl (C=S) groups is 1. The molecule has 2 aromatic heterocycles. The third kappa shape index (κ3) is 1.15. The molecule has 0 N–H and O–H groups in total. The Morgan fingerprint density at radius 3 is 3.05 bits per heavy atom. The van der Waals surface area contributed by atoms with E-state index < -0.39 is 12.3 Å². The number of fused-ring (bicyclic) bond motifs is 6. The summed E-state index contributed by atoms with van der Waals surface area (Å²) in [5.41, 5.74) is 1.11. The second-order valence-corrected chi connectivity index (χ2v) is 5.34. The smallest absolute Gasteiger partial charge is 0.353 e. The molecule has 3 aliphatic rings. The van der Waals surface area contributed by atoms with Gasteiger partial charge in [0.1, 0.15) is 11.6 Å². The van der Waals surface area contributed by atoms with Gasteiger partial charge in [0.2, 0.25) is 0 Å². The summed E-state index contributed by atoms with van der Waals surface area (Å²) in [5.74, 6) is 0. The van der Waals surface area contributed by atoms with Gasteiger partial charge in [0.25, 0.3) is 5.56 Å². The molecule has 20 heavy (non-hydrogen) atoms. The van der Waals surface area contributed by atoms with Gasteiger partial charge >= 0.3 is 5.24 Å². The van der Waals surface area contributed by atoms with Crippen LogP contribution in [0.4, 0.5) is 0 Å². The lowest BCUT2D eigenvalue weighted by molar-refractivity contribution is -0.0431. The first-order valence-electron chi connectivity index (χ1n) is 6.20. The van der Waals surface area contributed by atoms with E-state index in [-0.39, 0.29) is 23.0 Å². The molecule has 0 amide bonds. The molecule has 0 aliphatic carbocycles. The van der Waals surface area contributed by atoms with Crippen LogP contribution >= 0.6 is 12.2 Å². The van der Waals surface area contributed by atoms with Crippen LogP contribution in [0.3, 0.4) is 0 Å². The number of pyridine rings is 1. The van der Waals surface area contributed by atoms with Crippen LogP contribution in [0.15, 0.2) is 16.9 Å². The predicted molar refractivity (Wildman–Crippen MR) is 68.0 cm³/mol. The average molecular weight is 292 g/mol. The predicted octanol–water partition coefficient (Wildman–Crippen LogP) is -0.427. The lowest BCUT2D eigenvalue weighted by Gasteiger charge is -2.18. The van der Waals surface area contributed by atoms with E-state index in [1.165, 1.54) is 10.6 Å². The van der Waals surface area contributed by atoms with Crippen molar-refractivity contribution in [3.63, 3.8) is 0 Å². The van der Waals surface area contributed by atoms with Gasteiger partial charge in [0, 0.05) is 18.3 Å². The van der Waals surface area contributed by atoms with Crippen LogP contribution in [0.25, 0.3) is 11.2 Å². The molecule has 0 aromatic carbocycles. The Hall–Kier alpha value is -2.00. The van der Waals surface area contributed by atoms with Crippen molar-refractivity contribution in [1.29, 1.82) is 0 Å². The maximum absolute atomic E-state index is 12.2. The Balaban J connectivity index is 1.82. The van der Waals surface area contributed by atoms with Gasteiger partial charge in [0.15, 0.2) is 24.1 Å². The van der Waals surface area contributed by atoms with Crippen molar-refractivity contribution in [2.45, 2.75) is 31.1 Å². The molecule has 0 radical (unpaired) electrons. The first kappa shape index (κ1) is 10.7. The van der Waals surface area contributed by atoms with Crippen LogP contribution in [0.1, 0.15) is 6.23 Å². The molecule has 5 rings (SSSR count). The summed E-state index contributed by atoms with van der Waals surface area (Å²) in [5, 5.41) is 8.25. The summed E-state index contributed by atoms with van der Waals surface area (Å²) in [6.07, 6.45) is -1.55. The zero-order valence-corrected chi connectivity index (χ0v) is 10.8. The van der Waals surface area contributed by atoms with Crippen LogP contribution in [0.5, 0.6) is 0 Å². The van der Waals surface area contributed by atoms with E-state index in [1.54, 1.807) is 10.7 Å². The Morgan fingerprint density at radius 1 is 1.30 bits per heavy atom. The molecule has 2 bridgehead atoms. The zero-order chi connectivity index (χ0) is 13.4. The van der Waals surface area contributed by atoms with Crippen molar-refractivity contribution in [1.82, 2.24) is 19.6 Å². The Kier molecular flexibility index (Phi) is 1.80. The largest absolute Gasteiger partial charge is 0.447 e. The summed E-state index contributed by atoms with van der Waals surface area (Å²) < 4.78 is 20.1. The Bertz CT molecular complexity index is 814. The highest BCUT2D eigenvalue weighted by Crippen LogP contribution is 2.40. The zero-order valence-electron chi connectivity index (χ0n) is 10.0. The van der Waals surface area contributed by atoms with Crippen molar-refractivity contribution in [3.05, 3.63) is 22.5 Å². The van der Waals surface area contributed by atoms with Gasteiger partial charge in [0.05, 0.1) is 6.54 Å². The van der Waals surface area contributed by atoms with E-state index in [9.17, 15) is 4.79 Å². The minimum absolute atomic E-state index is 0.108. The van der Waals surface area contributed by atoms with Crippen molar-refractivity contribution < 1.29 is 14.2 Å². The van der Waals surface area contributed by atoms with E-state index in [4.69, 9.17) is 26.4 Å². The molecule has 5 heterocycles. The fraction of sp³-hybridized carbons (Fsp3) is 0.455. The van der Waals surface area contributed by atoms with Crippen LogP contribution in [-0.2, 0) is 20.8 Å². The van der Waals surface area contributed by atoms with Crippen molar-refractivity contribution in [2.75, 3.05) is 0 Å². The summed E-state index contributed by atoms with van der Waals surface area (Å²) >= 11 is 4.95. The average Bonchev–Trinajstić information content (AvgIpc) is 3.02. The van der Waals surface area contributed by atoms with E-state index in [2.05, 4.69) is 10.3 Å².